The molecule has 5 rings (SSSR count). The summed E-state index contributed by atoms with van der Waals surface area (Å²) in [4.78, 5) is 20.1. The number of nitrogens with zero attached hydrogens (tertiary/aromatic N) is 2. The van der Waals surface area contributed by atoms with Crippen LogP contribution in [0.25, 0.3) is 0 Å². The number of aliphatic hydroxyl groups is 1. The second-order valence-corrected chi connectivity index (χ2v) is 9.19. The van der Waals surface area contributed by atoms with Crippen LogP contribution in [-0.2, 0) is 16.9 Å². The Morgan fingerprint density at radius 2 is 1.80 bits per heavy atom. The molecule has 6 nitrogen and oxygen atoms in total. The van der Waals surface area contributed by atoms with Crippen LogP contribution in [-0.4, -0.2) is 40.0 Å². The summed E-state index contributed by atoms with van der Waals surface area (Å²) in [6, 6.07) is 15.4. The number of carbonyl (C=O) groups is 1. The summed E-state index contributed by atoms with van der Waals surface area (Å²) in [5.74, 6) is 1.24. The second kappa shape index (κ2) is 7.67. The zero-order valence-corrected chi connectivity index (χ0v) is 17.2. The van der Waals surface area contributed by atoms with Crippen molar-refractivity contribution >= 4 is 11.7 Å². The Hall–Kier alpha value is -2.44. The van der Waals surface area contributed by atoms with Crippen molar-refractivity contribution in [2.45, 2.75) is 43.9 Å². The number of benzene rings is 1. The van der Waals surface area contributed by atoms with Gasteiger partial charge in [0.05, 0.1) is 5.69 Å². The van der Waals surface area contributed by atoms with E-state index in [-0.39, 0.29) is 17.9 Å². The minimum absolute atomic E-state index is 0.00963. The molecule has 1 saturated heterocycles. The summed E-state index contributed by atoms with van der Waals surface area (Å²) in [7, 11) is 0. The largest absolute Gasteiger partial charge is 0.384 e. The van der Waals surface area contributed by atoms with Crippen LogP contribution in [0, 0.1) is 17.8 Å². The van der Waals surface area contributed by atoms with Crippen LogP contribution in [0.15, 0.2) is 48.5 Å². The van der Waals surface area contributed by atoms with Gasteiger partial charge in [-0.2, -0.15) is 0 Å². The standard InChI is InChI=1S/C24H30N4O2/c25-21-12-6-11-18(26-21)13-28-14-19-20(15-28)22(19)27-23(29)24(30,17-9-4-5-10-17)16-7-2-1-3-8-16/h1-3,6-8,11-12,17,19-20,22,30H,4-5,9-10,13-15H2,(H2,25,26)(H,27,29). The Kier molecular flexibility index (Phi) is 4.99. The average Bonchev–Trinajstić information content (AvgIpc) is 3.17. The maximum absolute atomic E-state index is 13.3. The molecule has 3 fully saturated rings. The van der Waals surface area contributed by atoms with Gasteiger partial charge in [0.2, 0.25) is 0 Å². The van der Waals surface area contributed by atoms with E-state index in [9.17, 15) is 9.90 Å². The maximum atomic E-state index is 13.3. The summed E-state index contributed by atoms with van der Waals surface area (Å²) in [5, 5.41) is 14.8. The van der Waals surface area contributed by atoms with Crippen LogP contribution in [0.5, 0.6) is 0 Å². The Morgan fingerprint density at radius 3 is 2.47 bits per heavy atom. The van der Waals surface area contributed by atoms with Gasteiger partial charge in [0.1, 0.15) is 5.82 Å². The summed E-state index contributed by atoms with van der Waals surface area (Å²) in [6.07, 6.45) is 3.96. The first-order valence-electron chi connectivity index (χ1n) is 11.1. The first-order valence-corrected chi connectivity index (χ1v) is 11.1. The number of nitrogen functional groups attached to an aromatic ring is 1. The highest BCUT2D eigenvalue weighted by Gasteiger charge is 2.58. The number of hydrogen-bond acceptors (Lipinski definition) is 5. The number of nitrogens with one attached hydrogen (secondary N) is 1. The fraction of sp³-hybridized carbons (Fsp3) is 0.500. The van der Waals surface area contributed by atoms with Gasteiger partial charge in [0.15, 0.2) is 5.60 Å². The number of rotatable bonds is 6. The summed E-state index contributed by atoms with van der Waals surface area (Å²) >= 11 is 0. The van der Waals surface area contributed by atoms with E-state index in [2.05, 4.69) is 15.2 Å². The predicted octanol–water partition coefficient (Wildman–Crippen LogP) is 2.29. The highest BCUT2D eigenvalue weighted by molar-refractivity contribution is 5.87. The molecule has 0 spiro atoms. The molecule has 4 N–H and O–H groups in total. The lowest BCUT2D eigenvalue weighted by Crippen LogP contribution is -2.50. The zero-order valence-electron chi connectivity index (χ0n) is 17.2. The molecule has 3 unspecified atom stereocenters. The Morgan fingerprint density at radius 1 is 1.10 bits per heavy atom. The summed E-state index contributed by atoms with van der Waals surface area (Å²) in [6.45, 7) is 2.67. The maximum Gasteiger partial charge on any atom is 0.257 e. The number of aromatic nitrogens is 1. The number of pyridine rings is 1. The van der Waals surface area contributed by atoms with Gasteiger partial charge in [-0.25, -0.2) is 4.98 Å². The van der Waals surface area contributed by atoms with Gasteiger partial charge in [-0.1, -0.05) is 49.2 Å². The number of fused-ring (bicyclic) bond motifs is 1. The van der Waals surface area contributed by atoms with Gasteiger partial charge in [0, 0.05) is 31.6 Å². The summed E-state index contributed by atoms with van der Waals surface area (Å²) < 4.78 is 0. The number of carbonyl (C=O) groups excluding carboxylic acids is 1. The molecule has 1 amide bonds. The topological polar surface area (TPSA) is 91.5 Å². The molecule has 2 aliphatic carbocycles. The van der Waals surface area contributed by atoms with Crippen molar-refractivity contribution in [3.63, 3.8) is 0 Å². The number of anilines is 1. The lowest BCUT2D eigenvalue weighted by atomic mass is 9.79. The van der Waals surface area contributed by atoms with Gasteiger partial charge in [-0.15, -0.1) is 0 Å². The Bertz CT molecular complexity index is 902. The Labute approximate surface area is 177 Å². The smallest absolute Gasteiger partial charge is 0.257 e. The third-order valence-electron chi connectivity index (χ3n) is 7.29. The molecule has 2 aromatic rings. The quantitative estimate of drug-likeness (QED) is 0.685. The SMILES string of the molecule is Nc1cccc(CN2CC3C(C2)C3NC(=O)C(O)(c2ccccc2)C2CCCC2)n1. The van der Waals surface area contributed by atoms with Crippen molar-refractivity contribution in [1.29, 1.82) is 0 Å². The first kappa shape index (κ1) is 19.5. The highest BCUT2D eigenvalue weighted by atomic mass is 16.3. The van der Waals surface area contributed by atoms with E-state index in [1.165, 1.54) is 0 Å². The van der Waals surface area contributed by atoms with E-state index < -0.39 is 5.60 Å². The molecular weight excluding hydrogens is 376 g/mol. The van der Waals surface area contributed by atoms with Crippen LogP contribution >= 0.6 is 0 Å². The molecule has 3 aliphatic rings. The van der Waals surface area contributed by atoms with Gasteiger partial charge in [-0.05, 0) is 42.4 Å². The molecule has 2 saturated carbocycles. The normalized spacial score (nSPS) is 28.1. The fourth-order valence-corrected chi connectivity index (χ4v) is 5.62. The first-order chi connectivity index (χ1) is 14.6. The summed E-state index contributed by atoms with van der Waals surface area (Å²) in [5.41, 5.74) is 6.05. The number of nitrogens with two attached hydrogens (primary N) is 1. The third-order valence-corrected chi connectivity index (χ3v) is 7.29. The van der Waals surface area contributed by atoms with Gasteiger partial charge in [0.25, 0.3) is 5.91 Å². The van der Waals surface area contributed by atoms with Gasteiger partial charge in [-0.3, -0.25) is 9.69 Å². The van der Waals surface area contributed by atoms with Crippen LogP contribution in [0.1, 0.15) is 36.9 Å². The minimum Gasteiger partial charge on any atom is -0.384 e. The molecule has 1 aliphatic heterocycles. The van der Waals surface area contributed by atoms with Gasteiger partial charge < -0.3 is 16.2 Å². The van der Waals surface area contributed by atoms with E-state index in [1.807, 2.05) is 42.5 Å². The molecule has 1 aromatic heterocycles. The molecule has 2 heterocycles. The van der Waals surface area contributed by atoms with E-state index >= 15 is 0 Å². The van der Waals surface area contributed by atoms with E-state index in [0.29, 0.717) is 17.7 Å². The van der Waals surface area contributed by atoms with Crippen LogP contribution in [0.4, 0.5) is 5.82 Å². The van der Waals surface area contributed by atoms with E-state index in [0.717, 1.165) is 56.6 Å². The number of hydrogen-bond donors (Lipinski definition) is 3. The number of amides is 1. The van der Waals surface area contributed by atoms with Crippen molar-refractivity contribution < 1.29 is 9.90 Å². The molecule has 0 bridgehead atoms. The third kappa shape index (κ3) is 3.48. The van der Waals surface area contributed by atoms with Crippen LogP contribution in [0.2, 0.25) is 0 Å². The second-order valence-electron chi connectivity index (χ2n) is 9.19. The van der Waals surface area contributed by atoms with Crippen molar-refractivity contribution in [1.82, 2.24) is 15.2 Å². The molecular formula is C24H30N4O2. The van der Waals surface area contributed by atoms with E-state index in [4.69, 9.17) is 5.73 Å². The molecule has 3 atom stereocenters. The zero-order chi connectivity index (χ0) is 20.7. The number of likely N-dealkylation sites (tertiary alicyclic amines) is 1. The lowest BCUT2D eigenvalue weighted by molar-refractivity contribution is -0.147. The Balaban J connectivity index is 1.23. The van der Waals surface area contributed by atoms with Crippen molar-refractivity contribution in [3.8, 4) is 0 Å². The van der Waals surface area contributed by atoms with Gasteiger partial charge >= 0.3 is 0 Å². The molecule has 0 radical (unpaired) electrons. The molecule has 30 heavy (non-hydrogen) atoms. The van der Waals surface area contributed by atoms with Crippen molar-refractivity contribution in [2.24, 2.45) is 17.8 Å². The van der Waals surface area contributed by atoms with Crippen LogP contribution < -0.4 is 11.1 Å². The minimum atomic E-state index is -1.43. The molecule has 6 heteroatoms. The molecule has 1 aromatic carbocycles. The highest BCUT2D eigenvalue weighted by Crippen LogP contribution is 2.47. The van der Waals surface area contributed by atoms with Crippen molar-refractivity contribution in [2.75, 3.05) is 18.8 Å². The molecule has 158 valence electrons. The fourth-order valence-electron chi connectivity index (χ4n) is 5.62. The number of piperidine rings is 1. The monoisotopic (exact) mass is 406 g/mol. The lowest BCUT2D eigenvalue weighted by Gasteiger charge is -2.33. The van der Waals surface area contributed by atoms with Crippen LogP contribution in [0.3, 0.4) is 0 Å². The predicted molar refractivity (Wildman–Crippen MR) is 115 cm³/mol. The van der Waals surface area contributed by atoms with E-state index in [1.54, 1.807) is 6.07 Å². The van der Waals surface area contributed by atoms with Crippen molar-refractivity contribution in [3.05, 3.63) is 59.8 Å². The average molecular weight is 407 g/mol.